The Hall–Kier alpha value is -1.56. The molecule has 2 aromatic rings. The van der Waals surface area contributed by atoms with Gasteiger partial charge in [-0.15, -0.1) is 0 Å². The second kappa shape index (κ2) is 7.45. The first-order chi connectivity index (χ1) is 10.1. The van der Waals surface area contributed by atoms with Crippen LogP contribution in [0.2, 0.25) is 10.0 Å². The van der Waals surface area contributed by atoms with E-state index >= 15 is 0 Å². The predicted molar refractivity (Wildman–Crippen MR) is 83.4 cm³/mol. The van der Waals surface area contributed by atoms with Gasteiger partial charge in [0.15, 0.2) is 5.82 Å². The molecule has 1 aromatic heterocycles. The molecule has 0 aliphatic rings. The van der Waals surface area contributed by atoms with E-state index in [0.29, 0.717) is 39.9 Å². The van der Waals surface area contributed by atoms with Gasteiger partial charge in [-0.2, -0.15) is 4.98 Å². The summed E-state index contributed by atoms with van der Waals surface area (Å²) in [7, 11) is 1.58. The molecular weight excluding hydrogens is 313 g/mol. The standard InChI is InChI=1S/C14H15Cl2N3O2/c1-3-17-12-7-14(19-13(18-12)8-20-2)21-11-5-4-9(15)6-10(11)16/h4-7H,3,8H2,1-2H3,(H,17,18,19). The summed E-state index contributed by atoms with van der Waals surface area (Å²) in [6.07, 6.45) is 0. The van der Waals surface area contributed by atoms with Crippen molar-refractivity contribution in [2.45, 2.75) is 13.5 Å². The lowest BCUT2D eigenvalue weighted by atomic mass is 10.3. The first kappa shape index (κ1) is 15.8. The Labute approximate surface area is 133 Å². The van der Waals surface area contributed by atoms with E-state index in [1.807, 2.05) is 6.92 Å². The van der Waals surface area contributed by atoms with Gasteiger partial charge in [0.1, 0.15) is 18.2 Å². The molecule has 112 valence electrons. The minimum Gasteiger partial charge on any atom is -0.437 e. The van der Waals surface area contributed by atoms with Gasteiger partial charge in [0.05, 0.1) is 5.02 Å². The number of nitrogens with one attached hydrogen (secondary N) is 1. The molecule has 2 rings (SSSR count). The first-order valence-electron chi connectivity index (χ1n) is 6.36. The Kier molecular flexibility index (Phi) is 5.61. The Morgan fingerprint density at radius 2 is 2.00 bits per heavy atom. The number of methoxy groups -OCH3 is 1. The molecule has 5 nitrogen and oxygen atoms in total. The largest absolute Gasteiger partial charge is 0.437 e. The van der Waals surface area contributed by atoms with E-state index in [1.165, 1.54) is 0 Å². The van der Waals surface area contributed by atoms with Crippen LogP contribution in [0.5, 0.6) is 11.6 Å². The average Bonchev–Trinajstić information content (AvgIpc) is 2.42. The zero-order chi connectivity index (χ0) is 15.2. The van der Waals surface area contributed by atoms with Crippen LogP contribution in [-0.4, -0.2) is 23.6 Å². The third kappa shape index (κ3) is 4.46. The van der Waals surface area contributed by atoms with E-state index in [9.17, 15) is 0 Å². The van der Waals surface area contributed by atoms with Crippen molar-refractivity contribution in [3.8, 4) is 11.6 Å². The molecule has 1 aromatic carbocycles. The topological polar surface area (TPSA) is 56.3 Å². The normalized spacial score (nSPS) is 10.5. The molecule has 0 saturated heterocycles. The van der Waals surface area contributed by atoms with Crippen molar-refractivity contribution >= 4 is 29.0 Å². The fourth-order valence-electron chi connectivity index (χ4n) is 1.66. The molecule has 0 spiro atoms. The number of aromatic nitrogens is 2. The van der Waals surface area contributed by atoms with Crippen LogP contribution in [0, 0.1) is 0 Å². The second-order valence-corrected chi connectivity index (χ2v) is 4.99. The number of hydrogen-bond acceptors (Lipinski definition) is 5. The third-order valence-electron chi connectivity index (χ3n) is 2.49. The smallest absolute Gasteiger partial charge is 0.224 e. The maximum Gasteiger partial charge on any atom is 0.224 e. The van der Waals surface area contributed by atoms with Crippen molar-refractivity contribution in [2.75, 3.05) is 19.0 Å². The minimum absolute atomic E-state index is 0.296. The summed E-state index contributed by atoms with van der Waals surface area (Å²) in [6.45, 7) is 3.02. The van der Waals surface area contributed by atoms with Crippen molar-refractivity contribution in [2.24, 2.45) is 0 Å². The number of rotatable bonds is 6. The zero-order valence-electron chi connectivity index (χ0n) is 11.7. The lowest BCUT2D eigenvalue weighted by Gasteiger charge is -2.10. The molecule has 0 aliphatic carbocycles. The van der Waals surface area contributed by atoms with Gasteiger partial charge in [-0.05, 0) is 25.1 Å². The lowest BCUT2D eigenvalue weighted by molar-refractivity contribution is 0.177. The molecule has 21 heavy (non-hydrogen) atoms. The fourth-order valence-corrected chi connectivity index (χ4v) is 2.11. The Morgan fingerprint density at radius 3 is 2.67 bits per heavy atom. The molecule has 0 fully saturated rings. The maximum atomic E-state index is 6.09. The summed E-state index contributed by atoms with van der Waals surface area (Å²) in [5, 5.41) is 4.08. The first-order valence-corrected chi connectivity index (χ1v) is 7.11. The summed E-state index contributed by atoms with van der Waals surface area (Å²) in [5.41, 5.74) is 0. The van der Waals surface area contributed by atoms with Crippen LogP contribution < -0.4 is 10.1 Å². The molecular formula is C14H15Cl2N3O2. The molecule has 0 unspecified atom stereocenters. The number of nitrogens with zero attached hydrogens (tertiary/aromatic N) is 2. The summed E-state index contributed by atoms with van der Waals surface area (Å²) in [6, 6.07) is 6.70. The highest BCUT2D eigenvalue weighted by Crippen LogP contribution is 2.31. The monoisotopic (exact) mass is 327 g/mol. The van der Waals surface area contributed by atoms with Crippen LogP contribution in [0.4, 0.5) is 5.82 Å². The molecule has 7 heteroatoms. The van der Waals surface area contributed by atoms with Crippen LogP contribution in [0.3, 0.4) is 0 Å². The summed E-state index contributed by atoms with van der Waals surface area (Å²) in [4.78, 5) is 8.58. The van der Waals surface area contributed by atoms with Crippen molar-refractivity contribution in [1.82, 2.24) is 9.97 Å². The van der Waals surface area contributed by atoms with Crippen LogP contribution in [0.15, 0.2) is 24.3 Å². The average molecular weight is 328 g/mol. The van der Waals surface area contributed by atoms with E-state index in [-0.39, 0.29) is 0 Å². The van der Waals surface area contributed by atoms with Crippen molar-refractivity contribution in [1.29, 1.82) is 0 Å². The molecule has 0 bridgehead atoms. The molecule has 0 radical (unpaired) electrons. The highest BCUT2D eigenvalue weighted by atomic mass is 35.5. The zero-order valence-corrected chi connectivity index (χ0v) is 13.2. The fraction of sp³-hybridized carbons (Fsp3) is 0.286. The van der Waals surface area contributed by atoms with E-state index in [0.717, 1.165) is 6.54 Å². The Balaban J connectivity index is 2.29. The molecule has 0 aliphatic heterocycles. The van der Waals surface area contributed by atoms with Gasteiger partial charge in [0.2, 0.25) is 5.88 Å². The number of hydrogen-bond donors (Lipinski definition) is 1. The third-order valence-corrected chi connectivity index (χ3v) is 3.02. The van der Waals surface area contributed by atoms with E-state index in [2.05, 4.69) is 15.3 Å². The Bertz CT molecular complexity index is 599. The van der Waals surface area contributed by atoms with E-state index < -0.39 is 0 Å². The van der Waals surface area contributed by atoms with Crippen LogP contribution in [-0.2, 0) is 11.3 Å². The van der Waals surface area contributed by atoms with Gasteiger partial charge >= 0.3 is 0 Å². The molecule has 1 N–H and O–H groups in total. The molecule has 0 amide bonds. The highest BCUT2D eigenvalue weighted by Gasteiger charge is 2.09. The van der Waals surface area contributed by atoms with Gasteiger partial charge in [-0.3, -0.25) is 0 Å². The molecule has 0 saturated carbocycles. The summed E-state index contributed by atoms with van der Waals surface area (Å²) in [5.74, 6) is 2.05. The number of ether oxygens (including phenoxy) is 2. The minimum atomic E-state index is 0.296. The second-order valence-electron chi connectivity index (χ2n) is 4.15. The van der Waals surface area contributed by atoms with Gasteiger partial charge in [-0.25, -0.2) is 4.98 Å². The van der Waals surface area contributed by atoms with Gasteiger partial charge in [-0.1, -0.05) is 23.2 Å². The van der Waals surface area contributed by atoms with Gasteiger partial charge in [0.25, 0.3) is 0 Å². The number of benzene rings is 1. The van der Waals surface area contributed by atoms with Crippen molar-refractivity contribution < 1.29 is 9.47 Å². The van der Waals surface area contributed by atoms with E-state index in [1.54, 1.807) is 31.4 Å². The van der Waals surface area contributed by atoms with Gasteiger partial charge in [0, 0.05) is 24.7 Å². The Morgan fingerprint density at radius 1 is 1.19 bits per heavy atom. The summed E-state index contributed by atoms with van der Waals surface area (Å²) >= 11 is 11.9. The quantitative estimate of drug-likeness (QED) is 0.863. The van der Waals surface area contributed by atoms with Crippen LogP contribution in [0.1, 0.15) is 12.7 Å². The van der Waals surface area contributed by atoms with Crippen molar-refractivity contribution in [3.63, 3.8) is 0 Å². The maximum absolute atomic E-state index is 6.09. The van der Waals surface area contributed by atoms with Crippen LogP contribution >= 0.6 is 23.2 Å². The van der Waals surface area contributed by atoms with Crippen LogP contribution in [0.25, 0.3) is 0 Å². The number of anilines is 1. The SMILES string of the molecule is CCNc1cc(Oc2ccc(Cl)cc2Cl)nc(COC)n1. The van der Waals surface area contributed by atoms with Gasteiger partial charge < -0.3 is 14.8 Å². The number of halogens is 2. The van der Waals surface area contributed by atoms with Crippen molar-refractivity contribution in [3.05, 3.63) is 40.1 Å². The lowest BCUT2D eigenvalue weighted by Crippen LogP contribution is -2.05. The summed E-state index contributed by atoms with van der Waals surface area (Å²) < 4.78 is 10.8. The molecule has 0 atom stereocenters. The van der Waals surface area contributed by atoms with E-state index in [4.69, 9.17) is 32.7 Å². The molecule has 1 heterocycles. The highest BCUT2D eigenvalue weighted by molar-refractivity contribution is 6.35. The predicted octanol–water partition coefficient (Wildman–Crippen LogP) is 4.15.